The first-order chi connectivity index (χ1) is 16.7. The highest BCUT2D eigenvalue weighted by Gasteiger charge is 2.31. The highest BCUT2D eigenvalue weighted by Crippen LogP contribution is 2.28. The summed E-state index contributed by atoms with van der Waals surface area (Å²) in [4.78, 5) is 29.5. The molecular weight excluding hydrogens is 523 g/mol. The monoisotopic (exact) mass is 548 g/mol. The first-order valence-electron chi connectivity index (χ1n) is 11.2. The number of nitrogens with one attached hydrogen (secondary N) is 1. The maximum atomic E-state index is 13.6. The lowest BCUT2D eigenvalue weighted by Crippen LogP contribution is -2.52. The second-order valence-corrected chi connectivity index (χ2v) is 10.6. The van der Waals surface area contributed by atoms with Gasteiger partial charge in [0.25, 0.3) is 0 Å². The van der Waals surface area contributed by atoms with E-state index in [1.807, 2.05) is 56.3 Å². The van der Waals surface area contributed by atoms with Crippen LogP contribution >= 0.6 is 46.6 Å². The quantitative estimate of drug-likeness (QED) is 0.280. The summed E-state index contributed by atoms with van der Waals surface area (Å²) in [5.41, 5.74) is 1.56. The van der Waals surface area contributed by atoms with E-state index in [2.05, 4.69) is 5.32 Å². The molecule has 0 spiro atoms. The normalized spacial score (nSPS) is 11.8. The van der Waals surface area contributed by atoms with Gasteiger partial charge in [0, 0.05) is 44.5 Å². The number of nitrogens with zero attached hydrogens (tertiary/aromatic N) is 1. The molecule has 184 valence electrons. The number of hydrogen-bond donors (Lipinski definition) is 1. The van der Waals surface area contributed by atoms with Gasteiger partial charge >= 0.3 is 0 Å². The zero-order valence-electron chi connectivity index (χ0n) is 19.5. The lowest BCUT2D eigenvalue weighted by atomic mass is 10.0. The lowest BCUT2D eigenvalue weighted by Gasteiger charge is -2.32. The average Bonchev–Trinajstić information content (AvgIpc) is 2.82. The van der Waals surface area contributed by atoms with Crippen molar-refractivity contribution in [2.24, 2.45) is 0 Å². The van der Waals surface area contributed by atoms with E-state index in [4.69, 9.17) is 34.8 Å². The van der Waals surface area contributed by atoms with Crippen molar-refractivity contribution in [1.82, 2.24) is 10.2 Å². The first-order valence-corrected chi connectivity index (χ1v) is 13.3. The van der Waals surface area contributed by atoms with Crippen LogP contribution in [0.15, 0.2) is 77.7 Å². The van der Waals surface area contributed by atoms with Crippen molar-refractivity contribution < 1.29 is 9.59 Å². The lowest BCUT2D eigenvalue weighted by molar-refractivity contribution is -0.139. The first kappa shape index (κ1) is 27.4. The van der Waals surface area contributed by atoms with Gasteiger partial charge in [0.1, 0.15) is 6.04 Å². The van der Waals surface area contributed by atoms with Crippen molar-refractivity contribution in [2.75, 3.05) is 5.75 Å². The molecule has 0 heterocycles. The summed E-state index contributed by atoms with van der Waals surface area (Å²) in [5, 5.41) is 4.50. The third-order valence-electron chi connectivity index (χ3n) is 5.27. The van der Waals surface area contributed by atoms with Crippen LogP contribution in [-0.2, 0) is 22.6 Å². The number of halogens is 3. The Morgan fingerprint density at radius 3 is 2.11 bits per heavy atom. The molecule has 3 aromatic carbocycles. The van der Waals surface area contributed by atoms with Gasteiger partial charge in [0.2, 0.25) is 11.8 Å². The molecule has 1 unspecified atom stereocenters. The minimum atomic E-state index is -0.745. The fourth-order valence-corrected chi connectivity index (χ4v) is 4.97. The zero-order chi connectivity index (χ0) is 25.4. The minimum absolute atomic E-state index is 0.0786. The van der Waals surface area contributed by atoms with Crippen LogP contribution in [0.1, 0.15) is 25.0 Å². The molecule has 0 aliphatic carbocycles. The van der Waals surface area contributed by atoms with Crippen LogP contribution in [0.4, 0.5) is 0 Å². The van der Waals surface area contributed by atoms with Gasteiger partial charge in [-0.3, -0.25) is 9.59 Å². The molecule has 0 saturated carbocycles. The van der Waals surface area contributed by atoms with Crippen molar-refractivity contribution in [3.8, 4) is 0 Å². The Morgan fingerprint density at radius 1 is 0.886 bits per heavy atom. The highest BCUT2D eigenvalue weighted by atomic mass is 35.5. The Bertz CT molecular complexity index is 1120. The van der Waals surface area contributed by atoms with Gasteiger partial charge in [0.15, 0.2) is 0 Å². The Kier molecular flexibility index (Phi) is 10.4. The van der Waals surface area contributed by atoms with Gasteiger partial charge in [0.05, 0.1) is 5.75 Å². The molecule has 0 radical (unpaired) electrons. The number of thioether (sulfide) groups is 1. The minimum Gasteiger partial charge on any atom is -0.352 e. The molecule has 0 fully saturated rings. The standard InChI is InChI=1S/C27H27Cl3N2O2S/c1-18(2)31-27(34)25(15-19-7-4-3-5-8-19)32(16-22-23(29)9-6-10-24(22)30)26(33)17-35-21-13-11-20(28)12-14-21/h3-14,18,25H,15-17H2,1-2H3,(H,31,34). The summed E-state index contributed by atoms with van der Waals surface area (Å²) in [7, 11) is 0. The maximum Gasteiger partial charge on any atom is 0.243 e. The van der Waals surface area contributed by atoms with Gasteiger partial charge in [-0.2, -0.15) is 0 Å². The van der Waals surface area contributed by atoms with E-state index < -0.39 is 6.04 Å². The van der Waals surface area contributed by atoms with Crippen LogP contribution in [0.5, 0.6) is 0 Å². The predicted octanol–water partition coefficient (Wildman–Crippen LogP) is 6.90. The van der Waals surface area contributed by atoms with Crippen molar-refractivity contribution in [3.05, 3.63) is 99.0 Å². The van der Waals surface area contributed by atoms with E-state index >= 15 is 0 Å². The Labute approximate surface area is 225 Å². The summed E-state index contributed by atoms with van der Waals surface area (Å²) in [6, 6.07) is 21.3. The summed E-state index contributed by atoms with van der Waals surface area (Å²) in [5.74, 6) is -0.276. The van der Waals surface area contributed by atoms with E-state index in [9.17, 15) is 9.59 Å². The van der Waals surface area contributed by atoms with Crippen molar-refractivity contribution in [2.45, 2.75) is 43.8 Å². The Morgan fingerprint density at radius 2 is 1.51 bits per heavy atom. The number of benzene rings is 3. The van der Waals surface area contributed by atoms with E-state index in [-0.39, 0.29) is 30.2 Å². The van der Waals surface area contributed by atoms with E-state index in [0.717, 1.165) is 10.5 Å². The Hall–Kier alpha value is -2.18. The molecule has 1 atom stereocenters. The molecule has 8 heteroatoms. The average molecular weight is 550 g/mol. The molecule has 2 amide bonds. The summed E-state index contributed by atoms with van der Waals surface area (Å²) in [6.45, 7) is 3.90. The van der Waals surface area contributed by atoms with Crippen LogP contribution in [0.3, 0.4) is 0 Å². The van der Waals surface area contributed by atoms with E-state index in [1.54, 1.807) is 35.2 Å². The van der Waals surface area contributed by atoms with Crippen molar-refractivity contribution >= 4 is 58.4 Å². The topological polar surface area (TPSA) is 49.4 Å². The van der Waals surface area contributed by atoms with Crippen LogP contribution in [0.2, 0.25) is 15.1 Å². The predicted molar refractivity (Wildman–Crippen MR) is 146 cm³/mol. The van der Waals surface area contributed by atoms with Gasteiger partial charge < -0.3 is 10.2 Å². The van der Waals surface area contributed by atoms with Crippen LogP contribution in [0.25, 0.3) is 0 Å². The molecule has 0 aromatic heterocycles. The van der Waals surface area contributed by atoms with E-state index in [0.29, 0.717) is 27.1 Å². The molecule has 3 aromatic rings. The summed E-state index contributed by atoms with van der Waals surface area (Å²) < 4.78 is 0. The van der Waals surface area contributed by atoms with Crippen molar-refractivity contribution in [1.29, 1.82) is 0 Å². The SMILES string of the molecule is CC(C)NC(=O)C(Cc1ccccc1)N(Cc1c(Cl)cccc1Cl)C(=O)CSc1ccc(Cl)cc1. The third kappa shape index (κ3) is 8.18. The van der Waals surface area contributed by atoms with Crippen molar-refractivity contribution in [3.63, 3.8) is 0 Å². The maximum absolute atomic E-state index is 13.6. The van der Waals surface area contributed by atoms with Crippen LogP contribution in [-0.4, -0.2) is 34.6 Å². The van der Waals surface area contributed by atoms with Gasteiger partial charge in [-0.1, -0.05) is 71.2 Å². The molecule has 3 rings (SSSR count). The number of rotatable bonds is 10. The fraction of sp³-hybridized carbons (Fsp3) is 0.259. The smallest absolute Gasteiger partial charge is 0.243 e. The summed E-state index contributed by atoms with van der Waals surface area (Å²) in [6.07, 6.45) is 0.360. The molecule has 0 aliphatic heterocycles. The number of hydrogen-bond acceptors (Lipinski definition) is 3. The molecule has 0 bridgehead atoms. The fourth-order valence-electron chi connectivity index (χ4n) is 3.55. The largest absolute Gasteiger partial charge is 0.352 e. The van der Waals surface area contributed by atoms with Gasteiger partial charge in [-0.05, 0) is 55.8 Å². The molecular formula is C27H27Cl3N2O2S. The number of carbonyl (C=O) groups is 2. The molecule has 4 nitrogen and oxygen atoms in total. The molecule has 1 N–H and O–H groups in total. The third-order valence-corrected chi connectivity index (χ3v) is 7.23. The summed E-state index contributed by atoms with van der Waals surface area (Å²) >= 11 is 20.3. The Balaban J connectivity index is 1.95. The van der Waals surface area contributed by atoms with Gasteiger partial charge in [-0.15, -0.1) is 11.8 Å². The zero-order valence-corrected chi connectivity index (χ0v) is 22.6. The van der Waals surface area contributed by atoms with Gasteiger partial charge in [-0.25, -0.2) is 0 Å². The highest BCUT2D eigenvalue weighted by molar-refractivity contribution is 8.00. The molecule has 0 saturated heterocycles. The number of carbonyl (C=O) groups excluding carboxylic acids is 2. The van der Waals surface area contributed by atoms with E-state index in [1.165, 1.54) is 11.8 Å². The molecule has 0 aliphatic rings. The second kappa shape index (κ2) is 13.2. The molecule has 35 heavy (non-hydrogen) atoms. The second-order valence-electron chi connectivity index (χ2n) is 8.33. The number of amides is 2. The van der Waals surface area contributed by atoms with Crippen LogP contribution < -0.4 is 5.32 Å². The van der Waals surface area contributed by atoms with Crippen LogP contribution in [0, 0.1) is 0 Å².